The van der Waals surface area contributed by atoms with Crippen LogP contribution in [0.5, 0.6) is 17.2 Å². The predicted octanol–water partition coefficient (Wildman–Crippen LogP) is 7.76. The van der Waals surface area contributed by atoms with Crippen molar-refractivity contribution >= 4 is 87.0 Å². The molecule has 3 aromatic carbocycles. The second-order valence-corrected chi connectivity index (χ2v) is 19.1. The number of hydrogen-bond donors (Lipinski definition) is 11. The van der Waals surface area contributed by atoms with E-state index >= 15 is 0 Å². The second-order valence-electron chi connectivity index (χ2n) is 19.1. The number of fused-ring (bicyclic) bond motifs is 1. The standard InChI is InChI=1S/C24H30N2O.3C11H6N6O2.C5H4N6.Co.H2O/c1-6-24(4)20-11-9-10-12-21(20)25(5)23(24)16-14-18-13-15-19(17-22(18)27)26(7-2)8-3;1-12-9-10(13-2)15-11(14-9)17-16-7-4-3-6(18)5-8(7)19;2*12-4-8-9(5-13)15-11(14-8)17-16-7-2-1-6(18)3-10(7)19;1-7-3-4(8-2)10-5(9-3)11-6;;/h9-17H,6-8H2,1-5H3;3-5H,(H3,14,15,16,17,18,19);1-3H,(H3,14,15,16,17,18,19);1-3,18-19H,(H,14,15);6H2,(H2,9,10,11);;1H2/p-1. The molecule has 97 heavy (non-hydrogen) atoms. The molecule has 3 aliphatic rings. The number of nitrogens with zero attached hydrogens (tertiary/aromatic N) is 20. The number of imidazole rings is 4. The van der Waals surface area contributed by atoms with E-state index in [0.717, 1.165) is 49.0 Å². The fourth-order valence-electron chi connectivity index (χ4n) is 8.51. The number of phenolic OH excluding ortho intramolecular Hbond substituents is 3. The summed E-state index contributed by atoms with van der Waals surface area (Å²) < 4.78 is 2.27. The molecule has 14 N–H and O–H groups in total. The van der Waals surface area contributed by atoms with Gasteiger partial charge in [-0.2, -0.15) is 30.6 Å². The van der Waals surface area contributed by atoms with Gasteiger partial charge in [-0.3, -0.25) is 35.1 Å². The predicted molar refractivity (Wildman–Crippen MR) is 346 cm³/mol. The normalized spacial score (nSPS) is 14.9. The number of nitrogens with one attached hydrogen (secondary N) is 5. The molecule has 7 aromatic rings. The average molecular weight is 1350 g/mol. The fraction of sp³-hybridized carbons (Fsp3) is 0.145. The Morgan fingerprint density at radius 2 is 1.34 bits per heavy atom. The summed E-state index contributed by atoms with van der Waals surface area (Å²) >= 11 is 0. The molecule has 0 bridgehead atoms. The van der Waals surface area contributed by atoms with Gasteiger partial charge in [0.15, 0.2) is 28.7 Å². The second kappa shape index (κ2) is 35.3. The van der Waals surface area contributed by atoms with Crippen molar-refractivity contribution < 1.29 is 62.0 Å². The Kier molecular flexibility index (Phi) is 27.4. The van der Waals surface area contributed by atoms with E-state index in [1.807, 2.05) is 18.2 Å². The SMILES string of the molecule is CCN(CC)c1ccc(/C=C/C2=[N+](C)c3ccccc3C2(C)CC)c(O)c1.N#Cc1[n-]c(=NN=C2C=CC(=O)C=C2O)[nH]c1C#N.N#Cc1nc(N=Nc2ccc(O)cc2O)[nH]c1C#N.O.[C-]#[N+]c1[n-]c(=NN=C2C=CC(=O)C=C2O)[nH]c1[N+]#[C-].[C-]#[N+]c1nc(NN)[nH]c1[N+]#[C-].[Co]. The third-order valence-electron chi connectivity index (χ3n) is 13.4. The van der Waals surface area contributed by atoms with E-state index in [-0.39, 0.29) is 149 Å². The summed E-state index contributed by atoms with van der Waals surface area (Å²) in [5, 5.41) is 105. The zero-order valence-corrected chi connectivity index (χ0v) is 52.5. The van der Waals surface area contributed by atoms with E-state index in [0.29, 0.717) is 5.75 Å². The number of azo groups is 1. The van der Waals surface area contributed by atoms with Crippen molar-refractivity contribution in [2.24, 2.45) is 36.5 Å². The number of ketones is 2. The Labute approximate surface area is 560 Å². The largest absolute Gasteiger partial charge is 0.560 e. The Morgan fingerprint density at radius 3 is 1.82 bits per heavy atom. The summed E-state index contributed by atoms with van der Waals surface area (Å²) in [6.45, 7) is 37.5. The van der Waals surface area contributed by atoms with Crippen molar-refractivity contribution in [1.82, 2.24) is 39.9 Å². The number of aromatic nitrogens is 8. The molecule has 0 saturated heterocycles. The number of rotatable bonds is 11. The van der Waals surface area contributed by atoms with E-state index < -0.39 is 0 Å². The number of nitrogens with two attached hydrogens (primary N) is 1. The number of allylic oxidation sites excluding steroid dienone is 7. The van der Waals surface area contributed by atoms with Crippen LogP contribution in [0.4, 0.5) is 52.2 Å². The molecule has 2 aliphatic carbocycles. The molecule has 1 atom stereocenters. The first-order valence-electron chi connectivity index (χ1n) is 27.4. The third-order valence-corrected chi connectivity index (χ3v) is 13.4. The van der Waals surface area contributed by atoms with E-state index in [1.165, 1.54) is 53.4 Å². The molecular formula is C62H53CoN26O8-. The van der Waals surface area contributed by atoms with Gasteiger partial charge >= 0.3 is 11.6 Å². The number of phenols is 3. The molecule has 1 unspecified atom stereocenters. The van der Waals surface area contributed by atoms with E-state index in [9.17, 15) is 30.0 Å². The summed E-state index contributed by atoms with van der Waals surface area (Å²) in [4.78, 5) is 61.1. The summed E-state index contributed by atoms with van der Waals surface area (Å²) in [5.41, 5.74) is 8.02. The van der Waals surface area contributed by atoms with Crippen molar-refractivity contribution in [2.75, 3.05) is 30.5 Å². The van der Waals surface area contributed by atoms with Crippen molar-refractivity contribution in [3.8, 4) is 41.5 Å². The number of benzene rings is 3. The molecule has 0 spiro atoms. The first-order chi connectivity index (χ1) is 45.7. The molecule has 10 rings (SSSR count). The van der Waals surface area contributed by atoms with Gasteiger partial charge in [0.1, 0.15) is 77.2 Å². The minimum atomic E-state index is -0.354. The summed E-state index contributed by atoms with van der Waals surface area (Å²) in [6, 6.07) is 25.3. The maximum atomic E-state index is 10.9. The molecule has 0 saturated carbocycles. The molecular weight excluding hydrogens is 1300 g/mol. The number of para-hydroxylation sites is 1. The molecule has 0 fully saturated rings. The Bertz CT molecular complexity index is 4680. The van der Waals surface area contributed by atoms with Gasteiger partial charge in [0.2, 0.25) is 17.5 Å². The number of carbonyl (C=O) groups is 2. The van der Waals surface area contributed by atoms with Crippen molar-refractivity contribution in [3.63, 3.8) is 0 Å². The van der Waals surface area contributed by atoms with Crippen LogP contribution in [0.25, 0.3) is 25.5 Å². The number of anilines is 2. The fourth-order valence-corrected chi connectivity index (χ4v) is 8.51. The number of aliphatic hydroxyl groups excluding tert-OH is 2. The molecule has 1 aliphatic heterocycles. The number of aliphatic hydroxyl groups is 2. The van der Waals surface area contributed by atoms with Gasteiger partial charge in [-0.15, -0.1) is 15.3 Å². The zero-order chi connectivity index (χ0) is 69.4. The number of nitrogen functional groups attached to an aromatic ring is 1. The molecule has 5 heterocycles. The maximum Gasteiger partial charge on any atom is 0.383 e. The number of nitriles is 4. The Morgan fingerprint density at radius 1 is 0.711 bits per heavy atom. The summed E-state index contributed by atoms with van der Waals surface area (Å²) in [5.74, 6) is 3.85. The minimum absolute atomic E-state index is 0. The van der Waals surface area contributed by atoms with Gasteiger partial charge in [0.05, 0.1) is 22.6 Å². The zero-order valence-electron chi connectivity index (χ0n) is 51.4. The molecule has 0 amide bonds. The number of aromatic hydroxyl groups is 3. The van der Waals surface area contributed by atoms with Crippen LogP contribution < -0.4 is 37.4 Å². The van der Waals surface area contributed by atoms with Crippen LogP contribution >= 0.6 is 0 Å². The molecule has 489 valence electrons. The van der Waals surface area contributed by atoms with Crippen molar-refractivity contribution in [3.05, 3.63) is 206 Å². The van der Waals surface area contributed by atoms with Gasteiger partial charge in [-0.1, -0.05) is 54.9 Å². The minimum Gasteiger partial charge on any atom is -0.560 e. The average Bonchev–Trinajstić information content (AvgIpc) is 1.59. The summed E-state index contributed by atoms with van der Waals surface area (Å²) in [6.07, 6.45) is 12.3. The van der Waals surface area contributed by atoms with Crippen LogP contribution in [0.3, 0.4) is 0 Å². The van der Waals surface area contributed by atoms with Crippen LogP contribution in [0.1, 0.15) is 68.0 Å². The molecule has 34 nitrogen and oxygen atoms in total. The smallest absolute Gasteiger partial charge is 0.383 e. The van der Waals surface area contributed by atoms with Crippen LogP contribution in [-0.4, -0.2) is 114 Å². The Balaban J connectivity index is 0.000000262. The molecule has 4 aromatic heterocycles. The number of hydrogen-bond acceptors (Lipinski definition) is 22. The number of H-pyrrole nitrogens is 4. The first-order valence-corrected chi connectivity index (χ1v) is 27.4. The van der Waals surface area contributed by atoms with E-state index in [4.69, 9.17) is 58.3 Å². The van der Waals surface area contributed by atoms with Gasteiger partial charge in [-0.25, -0.2) is 17.5 Å². The van der Waals surface area contributed by atoms with Crippen LogP contribution in [0, 0.1) is 71.6 Å². The van der Waals surface area contributed by atoms with Gasteiger partial charge < -0.3 is 70.2 Å². The van der Waals surface area contributed by atoms with Crippen LogP contribution in [-0.2, 0) is 31.8 Å². The van der Waals surface area contributed by atoms with Crippen molar-refractivity contribution in [1.29, 1.82) is 21.0 Å². The number of aromatic amines is 4. The monoisotopic (exact) mass is 1350 g/mol. The maximum absolute atomic E-state index is 10.9. The Hall–Kier alpha value is -14.3. The number of carbonyl (C=O) groups excluding carboxylic acids is 2. The van der Waals surface area contributed by atoms with Crippen LogP contribution in [0.15, 0.2) is 145 Å². The van der Waals surface area contributed by atoms with Gasteiger partial charge in [-0.05, 0) is 81.8 Å². The quantitative estimate of drug-likeness (QED) is 0.0147. The molecule has 35 heteroatoms. The third kappa shape index (κ3) is 18.9. The van der Waals surface area contributed by atoms with Crippen LogP contribution in [0.2, 0.25) is 0 Å². The molecule has 1 radical (unpaired) electrons. The van der Waals surface area contributed by atoms with E-state index in [2.05, 4.69) is 176 Å². The van der Waals surface area contributed by atoms with E-state index in [1.54, 1.807) is 24.3 Å². The first kappa shape index (κ1) is 75.2. The number of hydrazine groups is 1. The van der Waals surface area contributed by atoms with Crippen molar-refractivity contribution in [2.45, 2.75) is 39.5 Å². The van der Waals surface area contributed by atoms with Gasteiger partial charge in [0.25, 0.3) is 11.6 Å². The van der Waals surface area contributed by atoms with Gasteiger partial charge in [0, 0.05) is 88.7 Å². The topological polar surface area (TPSA) is 515 Å². The summed E-state index contributed by atoms with van der Waals surface area (Å²) in [7, 11) is 2.13.